The van der Waals surface area contributed by atoms with Crippen LogP contribution in [0.15, 0.2) is 24.3 Å². The van der Waals surface area contributed by atoms with Crippen molar-refractivity contribution in [3.8, 4) is 0 Å². The van der Waals surface area contributed by atoms with E-state index in [1.807, 2.05) is 19.0 Å². The lowest BCUT2D eigenvalue weighted by Crippen LogP contribution is -2.38. The molecular formula is C16H22F3N3O. The third-order valence-corrected chi connectivity index (χ3v) is 4.14. The van der Waals surface area contributed by atoms with Gasteiger partial charge in [0.15, 0.2) is 0 Å². The van der Waals surface area contributed by atoms with Crippen molar-refractivity contribution in [2.45, 2.75) is 25.2 Å². The molecule has 2 rings (SSSR count). The highest BCUT2D eigenvalue weighted by atomic mass is 19.4. The van der Waals surface area contributed by atoms with Crippen molar-refractivity contribution < 1.29 is 18.0 Å². The van der Waals surface area contributed by atoms with Crippen LogP contribution in [-0.2, 0) is 17.5 Å². The van der Waals surface area contributed by atoms with E-state index in [1.165, 1.54) is 12.1 Å². The molecule has 4 nitrogen and oxygen atoms in total. The van der Waals surface area contributed by atoms with Gasteiger partial charge in [-0.2, -0.15) is 13.2 Å². The molecule has 1 saturated heterocycles. The summed E-state index contributed by atoms with van der Waals surface area (Å²) in [7, 11) is 4.00. The van der Waals surface area contributed by atoms with Crippen LogP contribution in [-0.4, -0.2) is 55.5 Å². The average molecular weight is 329 g/mol. The van der Waals surface area contributed by atoms with E-state index in [-0.39, 0.29) is 24.6 Å². The Morgan fingerprint density at radius 1 is 1.35 bits per heavy atom. The SMILES string of the molecule is CN(C)C1CCN(CC(=O)NCc2ccccc2C(F)(F)F)C1. The number of likely N-dealkylation sites (N-methyl/N-ethyl adjacent to an activating group) is 1. The molecule has 0 bridgehead atoms. The normalized spacial score (nSPS) is 19.3. The van der Waals surface area contributed by atoms with Gasteiger partial charge in [0.05, 0.1) is 12.1 Å². The molecule has 1 fully saturated rings. The zero-order valence-electron chi connectivity index (χ0n) is 13.4. The maximum absolute atomic E-state index is 12.9. The van der Waals surface area contributed by atoms with Gasteiger partial charge in [-0.25, -0.2) is 0 Å². The van der Waals surface area contributed by atoms with E-state index in [0.29, 0.717) is 6.04 Å². The monoisotopic (exact) mass is 329 g/mol. The van der Waals surface area contributed by atoms with Gasteiger partial charge in [-0.3, -0.25) is 9.69 Å². The maximum atomic E-state index is 12.9. The van der Waals surface area contributed by atoms with Gasteiger partial charge in [0.2, 0.25) is 5.91 Å². The quantitative estimate of drug-likeness (QED) is 0.897. The van der Waals surface area contributed by atoms with E-state index < -0.39 is 11.7 Å². The van der Waals surface area contributed by atoms with Crippen LogP contribution in [0.1, 0.15) is 17.5 Å². The molecule has 1 aromatic carbocycles. The van der Waals surface area contributed by atoms with Crippen LogP contribution in [0.5, 0.6) is 0 Å². The molecule has 0 aliphatic carbocycles. The van der Waals surface area contributed by atoms with Gasteiger partial charge in [-0.15, -0.1) is 0 Å². The van der Waals surface area contributed by atoms with Crippen molar-refractivity contribution in [2.75, 3.05) is 33.7 Å². The lowest BCUT2D eigenvalue weighted by molar-refractivity contribution is -0.138. The summed E-state index contributed by atoms with van der Waals surface area (Å²) in [5.74, 6) is -0.249. The zero-order valence-corrected chi connectivity index (χ0v) is 13.4. The smallest absolute Gasteiger partial charge is 0.351 e. The van der Waals surface area contributed by atoms with Crippen molar-refractivity contribution in [1.29, 1.82) is 0 Å². The van der Waals surface area contributed by atoms with Gasteiger partial charge >= 0.3 is 6.18 Å². The summed E-state index contributed by atoms with van der Waals surface area (Å²) in [5, 5.41) is 2.59. The summed E-state index contributed by atoms with van der Waals surface area (Å²) in [6.45, 7) is 1.74. The first-order valence-electron chi connectivity index (χ1n) is 7.58. The molecule has 0 spiro atoms. The number of halogens is 3. The van der Waals surface area contributed by atoms with E-state index in [9.17, 15) is 18.0 Å². The fraction of sp³-hybridized carbons (Fsp3) is 0.562. The van der Waals surface area contributed by atoms with Crippen LogP contribution in [0.3, 0.4) is 0 Å². The van der Waals surface area contributed by atoms with E-state index in [0.717, 1.165) is 25.6 Å². The summed E-state index contributed by atoms with van der Waals surface area (Å²) in [4.78, 5) is 16.1. The molecule has 23 heavy (non-hydrogen) atoms. The Bertz CT molecular complexity index is 546. The van der Waals surface area contributed by atoms with Crippen molar-refractivity contribution in [3.63, 3.8) is 0 Å². The largest absolute Gasteiger partial charge is 0.416 e. The Balaban J connectivity index is 1.86. The van der Waals surface area contributed by atoms with E-state index >= 15 is 0 Å². The predicted octanol–water partition coefficient (Wildman–Crippen LogP) is 1.96. The van der Waals surface area contributed by atoms with Gasteiger partial charge < -0.3 is 10.2 Å². The van der Waals surface area contributed by atoms with Crippen LogP contribution in [0, 0.1) is 0 Å². The number of carbonyl (C=O) groups excluding carboxylic acids is 1. The van der Waals surface area contributed by atoms with Gasteiger partial charge in [0.1, 0.15) is 0 Å². The second-order valence-corrected chi connectivity index (χ2v) is 6.07. The van der Waals surface area contributed by atoms with Gasteiger partial charge in [-0.05, 0) is 32.1 Å². The third kappa shape index (κ3) is 4.94. The number of hydrogen-bond acceptors (Lipinski definition) is 3. The van der Waals surface area contributed by atoms with Crippen molar-refractivity contribution in [2.24, 2.45) is 0 Å². The van der Waals surface area contributed by atoms with E-state index in [4.69, 9.17) is 0 Å². The van der Waals surface area contributed by atoms with Crippen molar-refractivity contribution in [1.82, 2.24) is 15.1 Å². The number of benzene rings is 1. The Kier molecular flexibility index (Phi) is 5.64. The Labute approximate surface area is 134 Å². The highest BCUT2D eigenvalue weighted by molar-refractivity contribution is 5.78. The minimum absolute atomic E-state index is 0.0842. The van der Waals surface area contributed by atoms with Crippen LogP contribution in [0.25, 0.3) is 0 Å². The second kappa shape index (κ2) is 7.31. The number of nitrogens with zero attached hydrogens (tertiary/aromatic N) is 2. The topological polar surface area (TPSA) is 35.6 Å². The number of nitrogens with one attached hydrogen (secondary N) is 1. The highest BCUT2D eigenvalue weighted by Gasteiger charge is 2.33. The number of likely N-dealkylation sites (tertiary alicyclic amines) is 1. The molecule has 1 aliphatic heterocycles. The molecule has 1 N–H and O–H groups in total. The lowest BCUT2D eigenvalue weighted by atomic mass is 10.1. The second-order valence-electron chi connectivity index (χ2n) is 6.07. The average Bonchev–Trinajstić information content (AvgIpc) is 2.93. The molecular weight excluding hydrogens is 307 g/mol. The Morgan fingerprint density at radius 2 is 2.04 bits per heavy atom. The van der Waals surface area contributed by atoms with Gasteiger partial charge in [0.25, 0.3) is 0 Å². The van der Waals surface area contributed by atoms with Gasteiger partial charge in [0, 0.05) is 25.7 Å². The standard InChI is InChI=1S/C16H22F3N3O/c1-21(2)13-7-8-22(10-13)11-15(23)20-9-12-5-3-4-6-14(12)16(17,18)19/h3-6,13H,7-11H2,1-2H3,(H,20,23). The van der Waals surface area contributed by atoms with Crippen LogP contribution < -0.4 is 5.32 Å². The minimum atomic E-state index is -4.41. The molecule has 1 amide bonds. The maximum Gasteiger partial charge on any atom is 0.416 e. The molecule has 1 atom stereocenters. The fourth-order valence-electron chi connectivity index (χ4n) is 2.78. The molecule has 0 radical (unpaired) electrons. The highest BCUT2D eigenvalue weighted by Crippen LogP contribution is 2.31. The molecule has 1 heterocycles. The van der Waals surface area contributed by atoms with Crippen LogP contribution in [0.4, 0.5) is 13.2 Å². The summed E-state index contributed by atoms with van der Waals surface area (Å²) in [6, 6.07) is 5.73. The number of carbonyl (C=O) groups is 1. The fourth-order valence-corrected chi connectivity index (χ4v) is 2.78. The molecule has 1 unspecified atom stereocenters. The summed E-state index contributed by atoms with van der Waals surface area (Å²) in [5.41, 5.74) is -0.616. The molecule has 7 heteroatoms. The molecule has 128 valence electrons. The van der Waals surface area contributed by atoms with Crippen molar-refractivity contribution >= 4 is 5.91 Å². The summed E-state index contributed by atoms with van der Waals surface area (Å²) < 4.78 is 38.7. The zero-order chi connectivity index (χ0) is 17.0. The predicted molar refractivity (Wildman–Crippen MR) is 81.8 cm³/mol. The molecule has 0 saturated carbocycles. The Morgan fingerprint density at radius 3 is 2.65 bits per heavy atom. The van der Waals surface area contributed by atoms with Crippen molar-refractivity contribution in [3.05, 3.63) is 35.4 Å². The number of rotatable bonds is 5. The number of alkyl halides is 3. The summed E-state index contributed by atoms with van der Waals surface area (Å²) >= 11 is 0. The summed E-state index contributed by atoms with van der Waals surface area (Å²) in [6.07, 6.45) is -3.41. The van der Waals surface area contributed by atoms with E-state index in [1.54, 1.807) is 6.07 Å². The molecule has 0 aromatic heterocycles. The third-order valence-electron chi connectivity index (χ3n) is 4.14. The first-order chi connectivity index (χ1) is 10.8. The van der Waals surface area contributed by atoms with Crippen LogP contribution in [0.2, 0.25) is 0 Å². The number of amides is 1. The first kappa shape index (κ1) is 17.7. The number of hydrogen-bond donors (Lipinski definition) is 1. The van der Waals surface area contributed by atoms with Gasteiger partial charge in [-0.1, -0.05) is 18.2 Å². The Hall–Kier alpha value is -1.60. The molecule has 1 aromatic rings. The van der Waals surface area contributed by atoms with E-state index in [2.05, 4.69) is 10.2 Å². The first-order valence-corrected chi connectivity index (χ1v) is 7.58. The minimum Gasteiger partial charge on any atom is -0.351 e. The van der Waals surface area contributed by atoms with Crippen LogP contribution >= 0.6 is 0 Å². The molecule has 1 aliphatic rings. The lowest BCUT2D eigenvalue weighted by Gasteiger charge is -2.20.